The summed E-state index contributed by atoms with van der Waals surface area (Å²) in [6.07, 6.45) is -0.201. The topological polar surface area (TPSA) is 79.3 Å². The Bertz CT molecular complexity index is 928. The van der Waals surface area contributed by atoms with Crippen molar-refractivity contribution in [3.05, 3.63) is 58.6 Å². The van der Waals surface area contributed by atoms with Gasteiger partial charge in [0.2, 0.25) is 0 Å². The Morgan fingerprint density at radius 3 is 2.48 bits per heavy atom. The van der Waals surface area contributed by atoms with Gasteiger partial charge >= 0.3 is 5.97 Å². The molecule has 1 atom stereocenters. The Morgan fingerprint density at radius 1 is 1.06 bits per heavy atom. The van der Waals surface area contributed by atoms with E-state index in [1.807, 2.05) is 36.2 Å². The van der Waals surface area contributed by atoms with Gasteiger partial charge in [-0.15, -0.1) is 0 Å². The Morgan fingerprint density at radius 2 is 1.77 bits per heavy atom. The van der Waals surface area contributed by atoms with E-state index in [4.69, 9.17) is 26.2 Å². The molecule has 8 heteroatoms. The summed E-state index contributed by atoms with van der Waals surface area (Å²) in [5.74, 6) is -0.0400. The number of likely N-dealkylation sites (N-methyl/N-ethyl adjacent to an activating group) is 1. The number of carboxylic acid groups (broad SMARTS) is 1. The van der Waals surface area contributed by atoms with Crippen molar-refractivity contribution in [2.45, 2.75) is 19.4 Å². The highest BCUT2D eigenvalue weighted by molar-refractivity contribution is 6.30. The predicted octanol–water partition coefficient (Wildman–Crippen LogP) is 2.94. The lowest BCUT2D eigenvalue weighted by Gasteiger charge is -2.34. The van der Waals surface area contributed by atoms with Crippen LogP contribution in [0.25, 0.3) is 0 Å². The Hall–Kier alpha value is -2.77. The smallest absolute Gasteiger partial charge is 0.341 e. The highest BCUT2D eigenvalue weighted by atomic mass is 35.5. The fraction of sp³-hybridized carbons (Fsp3) is 0.391. The Balaban J connectivity index is 1.74. The Labute approximate surface area is 187 Å². The van der Waals surface area contributed by atoms with Gasteiger partial charge in [-0.05, 0) is 43.8 Å². The fourth-order valence-corrected chi connectivity index (χ4v) is 3.66. The van der Waals surface area contributed by atoms with E-state index < -0.39 is 18.7 Å². The first kappa shape index (κ1) is 22.9. The van der Waals surface area contributed by atoms with Crippen LogP contribution < -0.4 is 9.47 Å². The lowest BCUT2D eigenvalue weighted by molar-refractivity contribution is -0.140. The number of benzene rings is 2. The second-order valence-electron chi connectivity index (χ2n) is 7.61. The third-order valence-electron chi connectivity index (χ3n) is 5.19. The average Bonchev–Trinajstić information content (AvgIpc) is 2.74. The number of hydrogen-bond acceptors (Lipinski definition) is 5. The summed E-state index contributed by atoms with van der Waals surface area (Å²) in [5.41, 5.74) is 1.59. The molecule has 1 aliphatic rings. The highest BCUT2D eigenvalue weighted by Gasteiger charge is 2.25. The van der Waals surface area contributed by atoms with Crippen LogP contribution in [-0.4, -0.2) is 72.7 Å². The van der Waals surface area contributed by atoms with Gasteiger partial charge in [0.15, 0.2) is 12.7 Å². The van der Waals surface area contributed by atoms with Crippen molar-refractivity contribution in [1.82, 2.24) is 9.80 Å². The molecular weight excluding hydrogens is 420 g/mol. The van der Waals surface area contributed by atoms with Gasteiger partial charge in [-0.2, -0.15) is 0 Å². The maximum absolute atomic E-state index is 12.8. The lowest BCUT2D eigenvalue weighted by Crippen LogP contribution is -2.50. The van der Waals surface area contributed by atoms with Crippen molar-refractivity contribution in [1.29, 1.82) is 0 Å². The van der Waals surface area contributed by atoms with Crippen LogP contribution in [0.4, 0.5) is 0 Å². The molecule has 1 N–H and O–H groups in total. The minimum Gasteiger partial charge on any atom is -0.482 e. The average molecular weight is 447 g/mol. The summed E-state index contributed by atoms with van der Waals surface area (Å²) in [6, 6.07) is 12.5. The van der Waals surface area contributed by atoms with E-state index >= 15 is 0 Å². The molecule has 2 aromatic rings. The van der Waals surface area contributed by atoms with Gasteiger partial charge in [0.1, 0.15) is 11.5 Å². The normalized spacial score (nSPS) is 15.4. The summed E-state index contributed by atoms with van der Waals surface area (Å²) in [5, 5.41) is 9.44. The maximum atomic E-state index is 12.8. The van der Waals surface area contributed by atoms with Gasteiger partial charge in [-0.25, -0.2) is 4.79 Å². The summed E-state index contributed by atoms with van der Waals surface area (Å²) in [7, 11) is 2.04. The molecule has 1 amide bonds. The summed E-state index contributed by atoms with van der Waals surface area (Å²) in [4.78, 5) is 27.7. The molecule has 0 bridgehead atoms. The van der Waals surface area contributed by atoms with Crippen LogP contribution in [0.15, 0.2) is 42.5 Å². The first-order valence-corrected chi connectivity index (χ1v) is 10.6. The SMILES string of the molecule is CC(Oc1ccccc1Cc1cc(Cl)ccc1OCC(=O)O)C(=O)N1CCN(C)CC1. The molecule has 2 aromatic carbocycles. The molecule has 1 heterocycles. The third kappa shape index (κ3) is 6.35. The second-order valence-corrected chi connectivity index (χ2v) is 8.04. The molecule has 0 aliphatic carbocycles. The van der Waals surface area contributed by atoms with E-state index in [1.54, 1.807) is 25.1 Å². The van der Waals surface area contributed by atoms with Crippen LogP contribution in [0.5, 0.6) is 11.5 Å². The summed E-state index contributed by atoms with van der Waals surface area (Å²) in [6.45, 7) is 4.41. The molecule has 1 unspecified atom stereocenters. The largest absolute Gasteiger partial charge is 0.482 e. The highest BCUT2D eigenvalue weighted by Crippen LogP contribution is 2.29. The predicted molar refractivity (Wildman–Crippen MR) is 118 cm³/mol. The van der Waals surface area contributed by atoms with Gasteiger partial charge in [0.25, 0.3) is 5.91 Å². The lowest BCUT2D eigenvalue weighted by atomic mass is 10.0. The van der Waals surface area contributed by atoms with Gasteiger partial charge in [0, 0.05) is 43.2 Å². The molecular formula is C23H27ClN2O5. The molecule has 0 aromatic heterocycles. The van der Waals surface area contributed by atoms with E-state index in [2.05, 4.69) is 4.90 Å². The molecule has 166 valence electrons. The van der Waals surface area contributed by atoms with Gasteiger partial charge in [-0.3, -0.25) is 4.79 Å². The minimum absolute atomic E-state index is 0.0314. The minimum atomic E-state index is -1.05. The zero-order chi connectivity index (χ0) is 22.4. The number of ether oxygens (including phenoxy) is 2. The molecule has 1 aliphatic heterocycles. The first-order valence-electron chi connectivity index (χ1n) is 10.2. The van der Waals surface area contributed by atoms with E-state index in [0.717, 1.165) is 24.2 Å². The number of para-hydroxylation sites is 1. The van der Waals surface area contributed by atoms with Crippen molar-refractivity contribution >= 4 is 23.5 Å². The maximum Gasteiger partial charge on any atom is 0.341 e. The zero-order valence-corrected chi connectivity index (χ0v) is 18.5. The number of nitrogens with zero attached hydrogens (tertiary/aromatic N) is 2. The van der Waals surface area contributed by atoms with Crippen molar-refractivity contribution in [3.63, 3.8) is 0 Å². The van der Waals surface area contributed by atoms with Crippen molar-refractivity contribution in [2.24, 2.45) is 0 Å². The summed E-state index contributed by atoms with van der Waals surface area (Å²) < 4.78 is 11.5. The fourth-order valence-electron chi connectivity index (χ4n) is 3.46. The quantitative estimate of drug-likeness (QED) is 0.671. The number of piperazine rings is 1. The van der Waals surface area contributed by atoms with Crippen molar-refractivity contribution in [2.75, 3.05) is 39.8 Å². The number of carbonyl (C=O) groups is 2. The van der Waals surface area contributed by atoms with Gasteiger partial charge < -0.3 is 24.4 Å². The number of hydrogen-bond donors (Lipinski definition) is 1. The van der Waals surface area contributed by atoms with E-state index in [0.29, 0.717) is 36.0 Å². The van der Waals surface area contributed by atoms with Crippen LogP contribution >= 0.6 is 11.6 Å². The van der Waals surface area contributed by atoms with Crippen LogP contribution in [0.1, 0.15) is 18.1 Å². The molecule has 0 radical (unpaired) electrons. The number of aliphatic carboxylic acids is 1. The zero-order valence-electron chi connectivity index (χ0n) is 17.7. The molecule has 0 spiro atoms. The van der Waals surface area contributed by atoms with Crippen LogP contribution in [0, 0.1) is 0 Å². The van der Waals surface area contributed by atoms with Gasteiger partial charge in [-0.1, -0.05) is 29.8 Å². The number of carbonyl (C=O) groups excluding carboxylic acids is 1. The summed E-state index contributed by atoms with van der Waals surface area (Å²) >= 11 is 6.15. The third-order valence-corrected chi connectivity index (χ3v) is 5.43. The second kappa shape index (κ2) is 10.5. The number of amides is 1. The number of halogens is 1. The molecule has 0 saturated carbocycles. The molecule has 1 saturated heterocycles. The van der Waals surface area contributed by atoms with E-state index in [9.17, 15) is 9.59 Å². The van der Waals surface area contributed by atoms with E-state index in [-0.39, 0.29) is 5.91 Å². The molecule has 1 fully saturated rings. The molecule has 3 rings (SSSR count). The Kier molecular flexibility index (Phi) is 7.76. The molecule has 31 heavy (non-hydrogen) atoms. The van der Waals surface area contributed by atoms with E-state index in [1.165, 1.54) is 0 Å². The number of rotatable bonds is 8. The first-order chi connectivity index (χ1) is 14.8. The van der Waals surface area contributed by atoms with Crippen molar-refractivity contribution in [3.8, 4) is 11.5 Å². The molecule has 7 nitrogen and oxygen atoms in total. The van der Waals surface area contributed by atoms with Crippen molar-refractivity contribution < 1.29 is 24.2 Å². The van der Waals surface area contributed by atoms with Crippen LogP contribution in [0.2, 0.25) is 5.02 Å². The van der Waals surface area contributed by atoms with Crippen LogP contribution in [-0.2, 0) is 16.0 Å². The van der Waals surface area contributed by atoms with Crippen LogP contribution in [0.3, 0.4) is 0 Å². The standard InChI is InChI=1S/C23H27ClN2O5/c1-16(23(29)26-11-9-25(2)10-12-26)31-21-6-4-3-5-17(21)13-18-14-19(24)7-8-20(18)30-15-22(27)28/h3-8,14,16H,9-13,15H2,1-2H3,(H,27,28). The monoisotopic (exact) mass is 446 g/mol. The van der Waals surface area contributed by atoms with Gasteiger partial charge in [0.05, 0.1) is 0 Å². The number of carboxylic acids is 1.